The highest BCUT2D eigenvalue weighted by Gasteiger charge is 2.34. The Morgan fingerprint density at radius 1 is 1.38 bits per heavy atom. The van der Waals surface area contributed by atoms with E-state index in [1.165, 1.54) is 12.3 Å². The minimum absolute atomic E-state index is 0.175. The SMILES string of the molecule is O=C(C=Cc1ccco1)NCCC(=O)NCC1(O)CCC1. The third kappa shape index (κ3) is 5.07. The number of aliphatic hydroxyl groups is 1. The third-order valence-electron chi connectivity index (χ3n) is 3.49. The fourth-order valence-corrected chi connectivity index (χ4v) is 2.02. The lowest BCUT2D eigenvalue weighted by Gasteiger charge is -2.36. The second kappa shape index (κ2) is 7.08. The number of carbonyl (C=O) groups excluding carboxylic acids is 2. The molecule has 2 rings (SSSR count). The molecule has 1 fully saturated rings. The highest BCUT2D eigenvalue weighted by Crippen LogP contribution is 2.30. The molecule has 1 aliphatic carbocycles. The Labute approximate surface area is 123 Å². The Hall–Kier alpha value is -2.08. The van der Waals surface area contributed by atoms with Crippen LogP contribution in [0.5, 0.6) is 0 Å². The number of furan rings is 1. The van der Waals surface area contributed by atoms with Crippen LogP contribution in [-0.4, -0.2) is 35.6 Å². The van der Waals surface area contributed by atoms with E-state index in [9.17, 15) is 14.7 Å². The zero-order valence-electron chi connectivity index (χ0n) is 11.8. The van der Waals surface area contributed by atoms with Crippen molar-refractivity contribution >= 4 is 17.9 Å². The first-order valence-corrected chi connectivity index (χ1v) is 7.06. The lowest BCUT2D eigenvalue weighted by molar-refractivity contribution is -0.123. The largest absolute Gasteiger partial charge is 0.465 e. The Kier molecular flexibility index (Phi) is 5.16. The molecule has 0 aliphatic heterocycles. The van der Waals surface area contributed by atoms with Crippen molar-refractivity contribution in [2.24, 2.45) is 0 Å². The van der Waals surface area contributed by atoms with Crippen molar-refractivity contribution in [1.29, 1.82) is 0 Å². The van der Waals surface area contributed by atoms with E-state index < -0.39 is 5.60 Å². The molecule has 3 N–H and O–H groups in total. The second-order valence-corrected chi connectivity index (χ2v) is 5.24. The molecule has 6 heteroatoms. The van der Waals surface area contributed by atoms with Crippen molar-refractivity contribution in [3.05, 3.63) is 30.2 Å². The number of rotatable bonds is 7. The summed E-state index contributed by atoms with van der Waals surface area (Å²) in [5, 5.41) is 15.1. The van der Waals surface area contributed by atoms with Gasteiger partial charge in [-0.3, -0.25) is 9.59 Å². The standard InChI is InChI=1S/C15H20N2O4/c18-13(5-4-12-3-1-10-21-12)16-9-6-14(19)17-11-15(20)7-2-8-15/h1,3-5,10,20H,2,6-9,11H2,(H,16,18)(H,17,19). The Morgan fingerprint density at radius 3 is 2.81 bits per heavy atom. The van der Waals surface area contributed by atoms with E-state index in [-0.39, 0.29) is 31.3 Å². The van der Waals surface area contributed by atoms with Crippen LogP contribution in [0.4, 0.5) is 0 Å². The maximum Gasteiger partial charge on any atom is 0.244 e. The van der Waals surface area contributed by atoms with Crippen LogP contribution in [0.2, 0.25) is 0 Å². The van der Waals surface area contributed by atoms with Crippen LogP contribution in [0.3, 0.4) is 0 Å². The van der Waals surface area contributed by atoms with Crippen molar-refractivity contribution in [1.82, 2.24) is 10.6 Å². The Morgan fingerprint density at radius 2 is 2.19 bits per heavy atom. The second-order valence-electron chi connectivity index (χ2n) is 5.24. The molecule has 0 radical (unpaired) electrons. The van der Waals surface area contributed by atoms with Gasteiger partial charge in [0.05, 0.1) is 11.9 Å². The first kappa shape index (κ1) is 15.3. The maximum absolute atomic E-state index is 11.5. The summed E-state index contributed by atoms with van der Waals surface area (Å²) in [7, 11) is 0. The van der Waals surface area contributed by atoms with Crippen LogP contribution in [0.25, 0.3) is 6.08 Å². The predicted octanol–water partition coefficient (Wildman–Crippen LogP) is 0.830. The van der Waals surface area contributed by atoms with E-state index in [4.69, 9.17) is 4.42 Å². The normalized spacial score (nSPS) is 16.4. The summed E-state index contributed by atoms with van der Waals surface area (Å²) in [6.07, 6.45) is 7.11. The molecule has 21 heavy (non-hydrogen) atoms. The Balaban J connectivity index is 1.58. The number of nitrogens with one attached hydrogen (secondary N) is 2. The summed E-state index contributed by atoms with van der Waals surface area (Å²) in [4.78, 5) is 23.0. The first-order chi connectivity index (χ1) is 10.1. The van der Waals surface area contributed by atoms with Gasteiger partial charge in [-0.25, -0.2) is 0 Å². The minimum atomic E-state index is -0.718. The van der Waals surface area contributed by atoms with Gasteiger partial charge in [0.25, 0.3) is 0 Å². The van der Waals surface area contributed by atoms with Gasteiger partial charge in [-0.05, 0) is 37.5 Å². The minimum Gasteiger partial charge on any atom is -0.465 e. The molecule has 2 amide bonds. The van der Waals surface area contributed by atoms with E-state index in [2.05, 4.69) is 10.6 Å². The van der Waals surface area contributed by atoms with Crippen LogP contribution >= 0.6 is 0 Å². The van der Waals surface area contributed by atoms with Crippen molar-refractivity contribution in [3.8, 4) is 0 Å². The summed E-state index contributed by atoms with van der Waals surface area (Å²) in [6.45, 7) is 0.545. The zero-order chi connectivity index (χ0) is 15.1. The molecule has 1 heterocycles. The van der Waals surface area contributed by atoms with Gasteiger partial charge in [-0.1, -0.05) is 0 Å². The molecule has 1 aromatic rings. The molecule has 0 atom stereocenters. The fourth-order valence-electron chi connectivity index (χ4n) is 2.02. The number of amides is 2. The van der Waals surface area contributed by atoms with Gasteiger partial charge in [-0.2, -0.15) is 0 Å². The number of hydrogen-bond acceptors (Lipinski definition) is 4. The lowest BCUT2D eigenvalue weighted by Crippen LogP contribution is -2.48. The summed E-state index contributed by atoms with van der Waals surface area (Å²) in [5.41, 5.74) is -0.718. The topological polar surface area (TPSA) is 91.6 Å². The molecule has 0 spiro atoms. The molecule has 1 aliphatic rings. The van der Waals surface area contributed by atoms with Gasteiger partial charge in [0, 0.05) is 25.6 Å². The van der Waals surface area contributed by atoms with Crippen molar-refractivity contribution in [3.63, 3.8) is 0 Å². The van der Waals surface area contributed by atoms with E-state index in [1.54, 1.807) is 18.2 Å². The fraction of sp³-hybridized carbons (Fsp3) is 0.467. The molecule has 6 nitrogen and oxygen atoms in total. The molecular weight excluding hydrogens is 272 g/mol. The molecule has 1 aromatic heterocycles. The van der Waals surface area contributed by atoms with Gasteiger partial charge < -0.3 is 20.2 Å². The van der Waals surface area contributed by atoms with Crippen molar-refractivity contribution < 1.29 is 19.1 Å². The first-order valence-electron chi connectivity index (χ1n) is 7.06. The summed E-state index contributed by atoms with van der Waals surface area (Å²) in [6, 6.07) is 3.47. The summed E-state index contributed by atoms with van der Waals surface area (Å²) >= 11 is 0. The zero-order valence-corrected chi connectivity index (χ0v) is 11.8. The highest BCUT2D eigenvalue weighted by molar-refractivity contribution is 5.91. The van der Waals surface area contributed by atoms with Crippen LogP contribution < -0.4 is 10.6 Å². The molecule has 0 saturated heterocycles. The smallest absolute Gasteiger partial charge is 0.244 e. The predicted molar refractivity (Wildman–Crippen MR) is 77.2 cm³/mol. The molecule has 114 valence electrons. The van der Waals surface area contributed by atoms with Gasteiger partial charge in [0.1, 0.15) is 5.76 Å². The van der Waals surface area contributed by atoms with Crippen LogP contribution in [0, 0.1) is 0 Å². The molecule has 0 bridgehead atoms. The molecule has 0 aromatic carbocycles. The maximum atomic E-state index is 11.5. The molecule has 0 unspecified atom stereocenters. The average Bonchev–Trinajstić information content (AvgIpc) is 2.94. The van der Waals surface area contributed by atoms with Crippen molar-refractivity contribution in [2.45, 2.75) is 31.3 Å². The van der Waals surface area contributed by atoms with Crippen molar-refractivity contribution in [2.75, 3.05) is 13.1 Å². The number of carbonyl (C=O) groups is 2. The van der Waals surface area contributed by atoms with E-state index in [0.29, 0.717) is 5.76 Å². The van der Waals surface area contributed by atoms with Gasteiger partial charge in [-0.15, -0.1) is 0 Å². The molecular formula is C15H20N2O4. The van der Waals surface area contributed by atoms with Gasteiger partial charge in [0.2, 0.25) is 11.8 Å². The van der Waals surface area contributed by atoms with E-state index in [0.717, 1.165) is 19.3 Å². The average molecular weight is 292 g/mol. The molecule has 1 saturated carbocycles. The lowest BCUT2D eigenvalue weighted by atomic mass is 9.80. The van der Waals surface area contributed by atoms with Crippen LogP contribution in [0.15, 0.2) is 28.9 Å². The third-order valence-corrected chi connectivity index (χ3v) is 3.49. The monoisotopic (exact) mass is 292 g/mol. The van der Waals surface area contributed by atoms with Crippen LogP contribution in [0.1, 0.15) is 31.4 Å². The van der Waals surface area contributed by atoms with E-state index in [1.807, 2.05) is 0 Å². The van der Waals surface area contributed by atoms with Gasteiger partial charge in [0.15, 0.2) is 0 Å². The summed E-state index contributed by atoms with van der Waals surface area (Å²) in [5.74, 6) is 0.138. The quantitative estimate of drug-likeness (QED) is 0.649. The Bertz CT molecular complexity index is 504. The summed E-state index contributed by atoms with van der Waals surface area (Å²) < 4.78 is 5.05. The highest BCUT2D eigenvalue weighted by atomic mass is 16.3. The van der Waals surface area contributed by atoms with Gasteiger partial charge >= 0.3 is 0 Å². The van der Waals surface area contributed by atoms with Crippen LogP contribution in [-0.2, 0) is 9.59 Å². The number of hydrogen-bond donors (Lipinski definition) is 3. The van der Waals surface area contributed by atoms with E-state index >= 15 is 0 Å².